The van der Waals surface area contributed by atoms with E-state index in [9.17, 15) is 0 Å². The fourth-order valence-corrected chi connectivity index (χ4v) is 2.47. The lowest BCUT2D eigenvalue weighted by Gasteiger charge is -2.10. The van der Waals surface area contributed by atoms with Gasteiger partial charge < -0.3 is 20.8 Å². The van der Waals surface area contributed by atoms with Crippen molar-refractivity contribution in [3.63, 3.8) is 0 Å². The number of ether oxygens (including phenoxy) is 1. The van der Waals surface area contributed by atoms with Crippen LogP contribution in [-0.4, -0.2) is 23.0 Å². The van der Waals surface area contributed by atoms with Crippen molar-refractivity contribution in [1.82, 2.24) is 9.97 Å². The first-order chi connectivity index (χ1) is 12.3. The van der Waals surface area contributed by atoms with Crippen molar-refractivity contribution in [1.29, 1.82) is 0 Å². The molecular weight excluding hydrogens is 441 g/mol. The Balaban J connectivity index is 0.00000243. The zero-order valence-corrected chi connectivity index (χ0v) is 16.8. The van der Waals surface area contributed by atoms with Crippen LogP contribution >= 0.6 is 24.0 Å². The molecule has 0 radical (unpaired) electrons. The number of hydrogen-bond acceptors (Lipinski definition) is 3. The number of hydrogen-bond donors (Lipinski definition) is 3. The zero-order valence-electron chi connectivity index (χ0n) is 14.5. The number of aliphatic imine (C=N–C) groups is 1. The number of guanidine groups is 1. The van der Waals surface area contributed by atoms with Crippen LogP contribution in [0.4, 0.5) is 5.69 Å². The summed E-state index contributed by atoms with van der Waals surface area (Å²) in [6.07, 6.45) is 1.80. The predicted octanol–water partition coefficient (Wildman–Crippen LogP) is 3.77. The molecule has 0 atom stereocenters. The van der Waals surface area contributed by atoms with Crippen LogP contribution in [-0.2, 0) is 17.9 Å². The minimum absolute atomic E-state index is 0. The number of nitrogens with two attached hydrogens (primary N) is 1. The molecule has 0 aliphatic rings. The maximum absolute atomic E-state index is 5.99. The van der Waals surface area contributed by atoms with Crippen LogP contribution in [0, 0.1) is 0 Å². The summed E-state index contributed by atoms with van der Waals surface area (Å²) in [5, 5.41) is 3.11. The van der Waals surface area contributed by atoms with Gasteiger partial charge in [-0.25, -0.2) is 9.98 Å². The van der Waals surface area contributed by atoms with Gasteiger partial charge in [0.25, 0.3) is 0 Å². The highest BCUT2D eigenvalue weighted by Gasteiger charge is 2.04. The van der Waals surface area contributed by atoms with Gasteiger partial charge in [-0.05, 0) is 11.6 Å². The van der Waals surface area contributed by atoms with Crippen LogP contribution in [0.5, 0.6) is 0 Å². The van der Waals surface area contributed by atoms with Crippen LogP contribution in [0.2, 0.25) is 0 Å². The monoisotopic (exact) mass is 463 g/mol. The maximum Gasteiger partial charge on any atom is 0.193 e. The van der Waals surface area contributed by atoms with E-state index in [0.29, 0.717) is 19.1 Å². The minimum atomic E-state index is 0. The number of aromatic amines is 1. The molecule has 0 bridgehead atoms. The molecule has 3 aromatic rings. The van der Waals surface area contributed by atoms with Crippen molar-refractivity contribution < 1.29 is 4.74 Å². The van der Waals surface area contributed by atoms with Gasteiger partial charge in [-0.15, -0.1) is 24.0 Å². The highest BCUT2D eigenvalue weighted by molar-refractivity contribution is 14.0. The van der Waals surface area contributed by atoms with E-state index in [-0.39, 0.29) is 24.0 Å². The average molecular weight is 463 g/mol. The summed E-state index contributed by atoms with van der Waals surface area (Å²) in [4.78, 5) is 12.0. The molecule has 0 saturated heterocycles. The lowest BCUT2D eigenvalue weighted by Crippen LogP contribution is -2.23. The Morgan fingerprint density at radius 2 is 1.88 bits per heavy atom. The van der Waals surface area contributed by atoms with E-state index < -0.39 is 0 Å². The van der Waals surface area contributed by atoms with Gasteiger partial charge >= 0.3 is 0 Å². The molecule has 6 nitrogen and oxygen atoms in total. The molecule has 2 aromatic carbocycles. The third-order valence-corrected chi connectivity index (χ3v) is 3.69. The lowest BCUT2D eigenvalue weighted by atomic mass is 10.2. The number of para-hydroxylation sites is 1. The standard InChI is InChI=1S/C19H21N5O.HI/c1-25-13-15-9-5-6-10-16(15)24-19(20)22-12-18-21-11-17(23-18)14-7-3-2-4-8-14;/h2-11H,12-13H2,1H3,(H,21,23)(H3,20,22,24);1H. The molecule has 3 rings (SSSR count). The Hall–Kier alpha value is -2.39. The van der Waals surface area contributed by atoms with Gasteiger partial charge in [0.15, 0.2) is 5.96 Å². The summed E-state index contributed by atoms with van der Waals surface area (Å²) in [6, 6.07) is 17.9. The Morgan fingerprint density at radius 1 is 1.15 bits per heavy atom. The number of methoxy groups -OCH3 is 1. The summed E-state index contributed by atoms with van der Waals surface area (Å²) < 4.78 is 5.19. The second-order valence-corrected chi connectivity index (χ2v) is 5.53. The van der Waals surface area contributed by atoms with Crippen molar-refractivity contribution in [3.05, 3.63) is 72.2 Å². The third-order valence-electron chi connectivity index (χ3n) is 3.69. The molecule has 136 valence electrons. The Labute approximate surface area is 169 Å². The fraction of sp³-hybridized carbons (Fsp3) is 0.158. The molecule has 4 N–H and O–H groups in total. The number of nitrogens with one attached hydrogen (secondary N) is 2. The first-order valence-corrected chi connectivity index (χ1v) is 7.99. The highest BCUT2D eigenvalue weighted by Crippen LogP contribution is 2.17. The smallest absolute Gasteiger partial charge is 0.193 e. The molecule has 0 saturated carbocycles. The number of rotatable bonds is 6. The van der Waals surface area contributed by atoms with Crippen LogP contribution in [0.15, 0.2) is 65.8 Å². The Morgan fingerprint density at radius 3 is 2.65 bits per heavy atom. The summed E-state index contributed by atoms with van der Waals surface area (Å²) in [7, 11) is 1.66. The molecule has 0 aliphatic carbocycles. The first-order valence-electron chi connectivity index (χ1n) is 7.99. The van der Waals surface area contributed by atoms with Crippen molar-refractivity contribution in [3.8, 4) is 11.3 Å². The van der Waals surface area contributed by atoms with E-state index in [2.05, 4.69) is 20.3 Å². The van der Waals surface area contributed by atoms with E-state index in [1.54, 1.807) is 13.3 Å². The van der Waals surface area contributed by atoms with Crippen molar-refractivity contribution in [2.75, 3.05) is 12.4 Å². The van der Waals surface area contributed by atoms with Gasteiger partial charge in [0.2, 0.25) is 0 Å². The van der Waals surface area contributed by atoms with E-state index >= 15 is 0 Å². The van der Waals surface area contributed by atoms with Crippen molar-refractivity contribution >= 4 is 35.6 Å². The Bertz CT molecular complexity index is 848. The third kappa shape index (κ3) is 5.30. The predicted molar refractivity (Wildman–Crippen MR) is 116 cm³/mol. The second-order valence-electron chi connectivity index (χ2n) is 5.53. The molecule has 0 fully saturated rings. The number of H-pyrrole nitrogens is 1. The average Bonchev–Trinajstić information content (AvgIpc) is 3.12. The highest BCUT2D eigenvalue weighted by atomic mass is 127. The maximum atomic E-state index is 5.99. The number of anilines is 1. The van der Waals surface area contributed by atoms with Gasteiger partial charge in [0, 0.05) is 18.4 Å². The van der Waals surface area contributed by atoms with Gasteiger partial charge in [-0.2, -0.15) is 0 Å². The van der Waals surface area contributed by atoms with Gasteiger partial charge in [0.05, 0.1) is 18.5 Å². The summed E-state index contributed by atoms with van der Waals surface area (Å²) in [5.41, 5.74) is 9.95. The SMILES string of the molecule is COCc1ccccc1NC(N)=NCc1ncc(-c2ccccc2)[nH]1.I. The van der Waals surface area contributed by atoms with Crippen LogP contribution in [0.3, 0.4) is 0 Å². The normalized spacial score (nSPS) is 11.0. The molecule has 26 heavy (non-hydrogen) atoms. The number of halogens is 1. The lowest BCUT2D eigenvalue weighted by molar-refractivity contribution is 0.185. The number of aromatic nitrogens is 2. The summed E-state index contributed by atoms with van der Waals surface area (Å²) >= 11 is 0. The number of imidazole rings is 1. The van der Waals surface area contributed by atoms with Gasteiger partial charge in [-0.1, -0.05) is 48.5 Å². The molecule has 7 heteroatoms. The molecule has 1 aromatic heterocycles. The fourth-order valence-electron chi connectivity index (χ4n) is 2.47. The molecule has 0 aliphatic heterocycles. The van der Waals surface area contributed by atoms with E-state index in [0.717, 1.165) is 28.3 Å². The summed E-state index contributed by atoms with van der Waals surface area (Å²) in [5.74, 6) is 1.09. The molecule has 0 amide bonds. The molecule has 1 heterocycles. The first kappa shape index (κ1) is 19.9. The zero-order chi connectivity index (χ0) is 17.5. The van der Waals surface area contributed by atoms with E-state index in [4.69, 9.17) is 10.5 Å². The van der Waals surface area contributed by atoms with Crippen molar-refractivity contribution in [2.24, 2.45) is 10.7 Å². The van der Waals surface area contributed by atoms with Crippen molar-refractivity contribution in [2.45, 2.75) is 13.2 Å². The van der Waals surface area contributed by atoms with E-state index in [1.165, 1.54) is 0 Å². The van der Waals surface area contributed by atoms with Gasteiger partial charge in [-0.3, -0.25) is 0 Å². The van der Waals surface area contributed by atoms with Crippen LogP contribution in [0.25, 0.3) is 11.3 Å². The topological polar surface area (TPSA) is 88.3 Å². The Kier molecular flexibility index (Phi) is 7.61. The second kappa shape index (κ2) is 9.93. The molecular formula is C19H22IN5O. The minimum Gasteiger partial charge on any atom is -0.380 e. The quantitative estimate of drug-likeness (QED) is 0.295. The van der Waals surface area contributed by atoms with Crippen LogP contribution in [0.1, 0.15) is 11.4 Å². The van der Waals surface area contributed by atoms with Gasteiger partial charge in [0.1, 0.15) is 12.4 Å². The van der Waals surface area contributed by atoms with E-state index in [1.807, 2.05) is 54.6 Å². The molecule has 0 spiro atoms. The number of benzene rings is 2. The molecule has 0 unspecified atom stereocenters. The summed E-state index contributed by atoms with van der Waals surface area (Å²) in [6.45, 7) is 0.882. The largest absolute Gasteiger partial charge is 0.380 e. The van der Waals surface area contributed by atoms with Crippen LogP contribution < -0.4 is 11.1 Å². The number of nitrogens with zero attached hydrogens (tertiary/aromatic N) is 2.